The van der Waals surface area contributed by atoms with Gasteiger partial charge in [-0.25, -0.2) is 0 Å². The fraction of sp³-hybridized carbons (Fsp3) is 0.286. The molecule has 5 aromatic carbocycles. The third-order valence-corrected chi connectivity index (χ3v) is 8.91. The van der Waals surface area contributed by atoms with E-state index in [0.29, 0.717) is 19.8 Å². The van der Waals surface area contributed by atoms with Crippen molar-refractivity contribution in [2.45, 2.75) is 76.1 Å². The average Bonchev–Trinajstić information content (AvgIpc) is 3.15. The Morgan fingerprint density at radius 2 is 0.688 bits per heavy atom. The first-order valence-electron chi connectivity index (χ1n) is 16.6. The topological polar surface area (TPSA) is 66.4 Å². The van der Waals surface area contributed by atoms with E-state index in [1.165, 1.54) is 0 Å². The summed E-state index contributed by atoms with van der Waals surface area (Å²) in [4.78, 5) is 0. The van der Waals surface area contributed by atoms with Crippen LogP contribution in [0.15, 0.2) is 152 Å². The van der Waals surface area contributed by atoms with Gasteiger partial charge in [-0.2, -0.15) is 0 Å². The Morgan fingerprint density at radius 3 is 1.00 bits per heavy atom. The summed E-state index contributed by atoms with van der Waals surface area (Å²) in [5.41, 5.74) is 3.88. The van der Waals surface area contributed by atoms with Gasteiger partial charge < -0.3 is 28.8 Å². The van der Waals surface area contributed by atoms with Gasteiger partial charge in [-0.05, 0) is 34.7 Å². The molecule has 0 spiro atoms. The van der Waals surface area contributed by atoms with Gasteiger partial charge in [0.15, 0.2) is 0 Å². The molecular formula is C42H44O6. The van der Waals surface area contributed by atoms with Gasteiger partial charge in [-0.1, -0.05) is 152 Å². The minimum atomic E-state index is -1.11. The molecule has 0 saturated heterocycles. The zero-order valence-corrected chi connectivity index (χ0v) is 27.3. The van der Waals surface area contributed by atoms with Crippen LogP contribution in [0.4, 0.5) is 0 Å². The number of rotatable bonds is 15. The van der Waals surface area contributed by atoms with Crippen LogP contribution < -0.4 is 0 Å². The van der Waals surface area contributed by atoms with Gasteiger partial charge in [0.2, 0.25) is 0 Å². The summed E-state index contributed by atoms with van der Waals surface area (Å²) in [6, 6.07) is 50.0. The summed E-state index contributed by atoms with van der Waals surface area (Å²) < 4.78 is 33.8. The summed E-state index contributed by atoms with van der Waals surface area (Å²) in [7, 11) is 0. The molecule has 0 heterocycles. The van der Waals surface area contributed by atoms with Crippen molar-refractivity contribution in [3.63, 3.8) is 0 Å². The standard InChI is InChI=1S/C42H44O6/c1-42(48-31-36-25-15-6-16-26-36)40(46-29-34-21-11-4-12-22-34)38(44-27-32-17-7-2-8-18-32)37(43)39(45-28-33-19-9-3-10-20-33)41(42)47-30-35-23-13-5-14-24-35/h2-26,37-41,43H,27-31H2,1H3. The number of benzene rings is 5. The molecule has 6 nitrogen and oxygen atoms in total. The second-order valence-electron chi connectivity index (χ2n) is 12.4. The number of hydrogen-bond acceptors (Lipinski definition) is 6. The molecule has 1 aliphatic carbocycles. The Bertz CT molecular complexity index is 1520. The van der Waals surface area contributed by atoms with Crippen LogP contribution in [0.2, 0.25) is 0 Å². The van der Waals surface area contributed by atoms with Crippen LogP contribution in [-0.2, 0) is 56.7 Å². The molecule has 0 bridgehead atoms. The molecule has 0 aromatic heterocycles. The summed E-state index contributed by atoms with van der Waals surface area (Å²) >= 11 is 0. The molecule has 5 aromatic rings. The molecular weight excluding hydrogens is 600 g/mol. The van der Waals surface area contributed by atoms with Gasteiger partial charge in [0.05, 0.1) is 33.0 Å². The van der Waals surface area contributed by atoms with Crippen molar-refractivity contribution in [3.8, 4) is 0 Å². The summed E-state index contributed by atoms with van der Waals surface area (Å²) in [6.45, 7) is 3.47. The van der Waals surface area contributed by atoms with Crippen molar-refractivity contribution in [1.29, 1.82) is 0 Å². The zero-order chi connectivity index (χ0) is 33.0. The molecule has 1 aliphatic rings. The maximum Gasteiger partial charge on any atom is 0.123 e. The summed E-state index contributed by atoms with van der Waals surface area (Å²) in [5.74, 6) is 0. The van der Waals surface area contributed by atoms with Crippen LogP contribution >= 0.6 is 0 Å². The Balaban J connectivity index is 1.38. The third-order valence-electron chi connectivity index (χ3n) is 8.91. The van der Waals surface area contributed by atoms with E-state index < -0.39 is 36.1 Å². The van der Waals surface area contributed by atoms with Crippen LogP contribution in [0, 0.1) is 0 Å². The third kappa shape index (κ3) is 8.65. The van der Waals surface area contributed by atoms with E-state index in [1.54, 1.807) is 0 Å². The SMILES string of the molecule is CC1(OCc2ccccc2)C(OCc2ccccc2)C(OCc2ccccc2)C(O)C(OCc2ccccc2)C1OCc1ccccc1. The maximum atomic E-state index is 12.3. The molecule has 0 aliphatic heterocycles. The van der Waals surface area contributed by atoms with Crippen LogP contribution in [0.1, 0.15) is 34.7 Å². The van der Waals surface area contributed by atoms with E-state index in [4.69, 9.17) is 23.7 Å². The number of ether oxygens (including phenoxy) is 5. The van der Waals surface area contributed by atoms with E-state index in [0.717, 1.165) is 27.8 Å². The number of aliphatic hydroxyl groups is 1. The van der Waals surface area contributed by atoms with E-state index >= 15 is 0 Å². The highest BCUT2D eigenvalue weighted by molar-refractivity contribution is 5.20. The second-order valence-corrected chi connectivity index (χ2v) is 12.4. The first-order valence-corrected chi connectivity index (χ1v) is 16.6. The van der Waals surface area contributed by atoms with Gasteiger partial charge in [-0.15, -0.1) is 0 Å². The Labute approximate surface area is 283 Å². The lowest BCUT2D eigenvalue weighted by Crippen LogP contribution is -2.72. The highest BCUT2D eigenvalue weighted by atomic mass is 16.6. The van der Waals surface area contributed by atoms with Crippen molar-refractivity contribution in [2.75, 3.05) is 0 Å². The molecule has 6 heteroatoms. The molecule has 1 fully saturated rings. The highest BCUT2D eigenvalue weighted by Gasteiger charge is 2.60. The van der Waals surface area contributed by atoms with Crippen molar-refractivity contribution >= 4 is 0 Å². The quantitative estimate of drug-likeness (QED) is 0.126. The molecule has 48 heavy (non-hydrogen) atoms. The van der Waals surface area contributed by atoms with Crippen molar-refractivity contribution in [1.82, 2.24) is 0 Å². The molecule has 248 valence electrons. The predicted octanol–water partition coefficient (Wildman–Crippen LogP) is 7.68. The summed E-state index contributed by atoms with van der Waals surface area (Å²) in [5, 5.41) is 12.3. The Hall–Kier alpha value is -4.14. The van der Waals surface area contributed by atoms with Gasteiger partial charge in [0, 0.05) is 0 Å². The molecule has 6 rings (SSSR count). The fourth-order valence-corrected chi connectivity index (χ4v) is 6.28. The largest absolute Gasteiger partial charge is 0.387 e. The van der Waals surface area contributed by atoms with Crippen molar-refractivity contribution in [2.24, 2.45) is 0 Å². The Kier molecular flexibility index (Phi) is 11.8. The lowest BCUT2D eigenvalue weighted by atomic mass is 9.75. The molecule has 4 unspecified atom stereocenters. The minimum Gasteiger partial charge on any atom is -0.387 e. The lowest BCUT2D eigenvalue weighted by Gasteiger charge is -2.54. The predicted molar refractivity (Wildman–Crippen MR) is 186 cm³/mol. The van der Waals surface area contributed by atoms with E-state index in [2.05, 4.69) is 0 Å². The number of hydrogen-bond donors (Lipinski definition) is 1. The monoisotopic (exact) mass is 644 g/mol. The highest BCUT2D eigenvalue weighted by Crippen LogP contribution is 2.41. The average molecular weight is 645 g/mol. The van der Waals surface area contributed by atoms with Crippen LogP contribution in [0.25, 0.3) is 0 Å². The molecule has 0 radical (unpaired) electrons. The van der Waals surface area contributed by atoms with E-state index in [1.807, 2.05) is 159 Å². The van der Waals surface area contributed by atoms with Crippen molar-refractivity contribution < 1.29 is 28.8 Å². The Morgan fingerprint density at radius 1 is 0.417 bits per heavy atom. The molecule has 0 amide bonds. The van der Waals surface area contributed by atoms with E-state index in [9.17, 15) is 5.11 Å². The van der Waals surface area contributed by atoms with Gasteiger partial charge in [0.25, 0.3) is 0 Å². The van der Waals surface area contributed by atoms with Gasteiger partial charge >= 0.3 is 0 Å². The number of aliphatic hydroxyl groups excluding tert-OH is 1. The molecule has 1 N–H and O–H groups in total. The smallest absolute Gasteiger partial charge is 0.123 e. The lowest BCUT2D eigenvalue weighted by molar-refractivity contribution is -0.317. The first-order chi connectivity index (χ1) is 23.6. The van der Waals surface area contributed by atoms with Crippen molar-refractivity contribution in [3.05, 3.63) is 179 Å². The zero-order valence-electron chi connectivity index (χ0n) is 27.3. The minimum absolute atomic E-state index is 0.281. The maximum absolute atomic E-state index is 12.3. The normalized spacial score (nSPS) is 23.9. The van der Waals surface area contributed by atoms with Gasteiger partial charge in [-0.3, -0.25) is 0 Å². The molecule has 4 atom stereocenters. The second kappa shape index (κ2) is 16.8. The first kappa shape index (κ1) is 33.7. The van der Waals surface area contributed by atoms with E-state index in [-0.39, 0.29) is 13.2 Å². The van der Waals surface area contributed by atoms with Crippen LogP contribution in [-0.4, -0.2) is 41.2 Å². The fourth-order valence-electron chi connectivity index (χ4n) is 6.28. The van der Waals surface area contributed by atoms with Gasteiger partial charge in [0.1, 0.15) is 36.1 Å². The molecule has 1 saturated carbocycles. The summed E-state index contributed by atoms with van der Waals surface area (Å²) in [6.07, 6.45) is -4.14. The van der Waals surface area contributed by atoms with Crippen LogP contribution in [0.3, 0.4) is 0 Å². The van der Waals surface area contributed by atoms with Crippen LogP contribution in [0.5, 0.6) is 0 Å².